The van der Waals surface area contributed by atoms with Crippen LogP contribution in [0.1, 0.15) is 5.76 Å². The largest absolute Gasteiger partial charge is 0.484 e. The second-order valence-corrected chi connectivity index (χ2v) is 5.61. The molecule has 0 fully saturated rings. The molecule has 0 saturated carbocycles. The molecule has 0 spiro atoms. The lowest BCUT2D eigenvalue weighted by Gasteiger charge is -2.20. The van der Waals surface area contributed by atoms with Gasteiger partial charge in [-0.3, -0.25) is 9.59 Å². The molecule has 0 aliphatic heterocycles. The van der Waals surface area contributed by atoms with Gasteiger partial charge in [-0.05, 0) is 31.2 Å². The minimum atomic E-state index is -0.394. The van der Waals surface area contributed by atoms with Gasteiger partial charge >= 0.3 is 0 Å². The Kier molecular flexibility index (Phi) is 6.59. The Labute approximate surface area is 150 Å². The summed E-state index contributed by atoms with van der Waals surface area (Å²) in [6, 6.07) is 8.23. The molecule has 0 saturated heterocycles. The number of hydrogen-bond acceptors (Lipinski definition) is 5. The van der Waals surface area contributed by atoms with E-state index in [1.54, 1.807) is 37.3 Å². The molecule has 7 nitrogen and oxygen atoms in total. The van der Waals surface area contributed by atoms with Crippen LogP contribution in [0.15, 0.2) is 47.5 Å². The lowest BCUT2D eigenvalue weighted by atomic mass is 10.3. The molecule has 0 unspecified atom stereocenters. The molecule has 0 bridgehead atoms. The van der Waals surface area contributed by atoms with Crippen molar-refractivity contribution in [2.24, 2.45) is 0 Å². The number of nitrogens with one attached hydrogen (secondary N) is 1. The first kappa shape index (κ1) is 18.5. The first-order valence-electron chi connectivity index (χ1n) is 7.48. The SMILES string of the molecule is C=CCN(CC(=O)Nc1cc(C)on1)C(=O)COc1ccc(Cl)cc1. The Morgan fingerprint density at radius 3 is 2.72 bits per heavy atom. The highest BCUT2D eigenvalue weighted by atomic mass is 35.5. The number of hydrogen-bond donors (Lipinski definition) is 1. The summed E-state index contributed by atoms with van der Waals surface area (Å²) in [4.78, 5) is 25.6. The smallest absolute Gasteiger partial charge is 0.261 e. The Balaban J connectivity index is 1.89. The number of aryl methyl sites for hydroxylation is 1. The summed E-state index contributed by atoms with van der Waals surface area (Å²) < 4.78 is 10.3. The average molecular weight is 364 g/mol. The fraction of sp³-hybridized carbons (Fsp3) is 0.235. The highest BCUT2D eigenvalue weighted by Crippen LogP contribution is 2.15. The normalized spacial score (nSPS) is 10.2. The van der Waals surface area contributed by atoms with Gasteiger partial charge in [0.1, 0.15) is 18.1 Å². The van der Waals surface area contributed by atoms with Crippen LogP contribution in [-0.2, 0) is 9.59 Å². The molecule has 2 aromatic rings. The molecule has 1 aromatic heterocycles. The first-order valence-corrected chi connectivity index (χ1v) is 7.86. The summed E-state index contributed by atoms with van der Waals surface area (Å²) in [6.07, 6.45) is 1.54. The van der Waals surface area contributed by atoms with Crippen LogP contribution in [0, 0.1) is 6.92 Å². The van der Waals surface area contributed by atoms with Gasteiger partial charge in [0.15, 0.2) is 12.4 Å². The fourth-order valence-corrected chi connectivity index (χ4v) is 2.08. The Morgan fingerprint density at radius 1 is 1.40 bits per heavy atom. The van der Waals surface area contributed by atoms with E-state index in [1.807, 2.05) is 0 Å². The van der Waals surface area contributed by atoms with Gasteiger partial charge in [-0.25, -0.2) is 0 Å². The van der Waals surface area contributed by atoms with Crippen LogP contribution in [0.3, 0.4) is 0 Å². The van der Waals surface area contributed by atoms with Crippen LogP contribution in [0.4, 0.5) is 5.82 Å². The number of aromatic nitrogens is 1. The Bertz CT molecular complexity index is 743. The van der Waals surface area contributed by atoms with Crippen molar-refractivity contribution in [1.82, 2.24) is 10.1 Å². The summed E-state index contributed by atoms with van der Waals surface area (Å²) in [7, 11) is 0. The number of ether oxygens (including phenoxy) is 1. The van der Waals surface area contributed by atoms with Crippen molar-refractivity contribution >= 4 is 29.2 Å². The number of carbonyl (C=O) groups is 2. The topological polar surface area (TPSA) is 84.7 Å². The van der Waals surface area contributed by atoms with Crippen molar-refractivity contribution in [2.75, 3.05) is 25.0 Å². The zero-order valence-corrected chi connectivity index (χ0v) is 14.5. The van der Waals surface area contributed by atoms with Gasteiger partial charge in [0.2, 0.25) is 5.91 Å². The summed E-state index contributed by atoms with van der Waals surface area (Å²) in [5.41, 5.74) is 0. The maximum Gasteiger partial charge on any atom is 0.261 e. The Hall–Kier alpha value is -2.80. The third-order valence-corrected chi connectivity index (χ3v) is 3.36. The lowest BCUT2D eigenvalue weighted by Crippen LogP contribution is -2.40. The van der Waals surface area contributed by atoms with E-state index >= 15 is 0 Å². The molecule has 2 amide bonds. The van der Waals surface area contributed by atoms with Gasteiger partial charge in [-0.1, -0.05) is 22.8 Å². The van der Waals surface area contributed by atoms with Crippen LogP contribution in [0.25, 0.3) is 0 Å². The van der Waals surface area contributed by atoms with Crippen molar-refractivity contribution in [3.05, 3.63) is 53.8 Å². The van der Waals surface area contributed by atoms with Crippen molar-refractivity contribution < 1.29 is 18.8 Å². The van der Waals surface area contributed by atoms with Gasteiger partial charge in [-0.2, -0.15) is 0 Å². The second kappa shape index (κ2) is 8.89. The summed E-state index contributed by atoms with van der Waals surface area (Å²) in [6.45, 7) is 5.17. The summed E-state index contributed by atoms with van der Waals surface area (Å²) in [5.74, 6) is 0.645. The second-order valence-electron chi connectivity index (χ2n) is 5.18. The summed E-state index contributed by atoms with van der Waals surface area (Å²) in [5, 5.41) is 6.81. The van der Waals surface area contributed by atoms with E-state index < -0.39 is 5.91 Å². The molecule has 1 aromatic carbocycles. The van der Waals surface area contributed by atoms with E-state index in [-0.39, 0.29) is 25.6 Å². The lowest BCUT2D eigenvalue weighted by molar-refractivity contribution is -0.135. The molecular weight excluding hydrogens is 346 g/mol. The molecule has 0 aliphatic rings. The van der Waals surface area contributed by atoms with Crippen molar-refractivity contribution in [3.63, 3.8) is 0 Å². The monoisotopic (exact) mass is 363 g/mol. The highest BCUT2D eigenvalue weighted by Gasteiger charge is 2.17. The average Bonchev–Trinajstić information content (AvgIpc) is 2.98. The number of rotatable bonds is 8. The molecule has 1 heterocycles. The number of nitrogens with zero attached hydrogens (tertiary/aromatic N) is 2. The molecule has 132 valence electrons. The molecule has 0 atom stereocenters. The minimum Gasteiger partial charge on any atom is -0.484 e. The van der Waals surface area contributed by atoms with E-state index in [2.05, 4.69) is 17.1 Å². The van der Waals surface area contributed by atoms with Crippen molar-refractivity contribution in [2.45, 2.75) is 6.92 Å². The molecule has 2 rings (SSSR count). The third-order valence-electron chi connectivity index (χ3n) is 3.11. The molecule has 0 radical (unpaired) electrons. The first-order chi connectivity index (χ1) is 12.0. The van der Waals surface area contributed by atoms with Gasteiger partial charge in [0.05, 0.1) is 0 Å². The van der Waals surface area contributed by atoms with Gasteiger partial charge < -0.3 is 19.5 Å². The number of carbonyl (C=O) groups excluding carboxylic acids is 2. The fourth-order valence-electron chi connectivity index (χ4n) is 1.96. The zero-order valence-electron chi connectivity index (χ0n) is 13.7. The number of anilines is 1. The number of benzene rings is 1. The standard InChI is InChI=1S/C17H18ClN3O4/c1-3-8-21(10-16(22)19-15-9-12(2)25-20-15)17(23)11-24-14-6-4-13(18)5-7-14/h3-7,9H,1,8,10-11H2,2H3,(H,19,20,22). The quantitative estimate of drug-likeness (QED) is 0.729. The third kappa shape index (κ3) is 5.96. The molecule has 8 heteroatoms. The molecule has 0 aliphatic carbocycles. The van der Waals surface area contributed by atoms with Gasteiger partial charge in [-0.15, -0.1) is 6.58 Å². The highest BCUT2D eigenvalue weighted by molar-refractivity contribution is 6.30. The van der Waals surface area contributed by atoms with Crippen LogP contribution < -0.4 is 10.1 Å². The van der Waals surface area contributed by atoms with Crippen molar-refractivity contribution in [1.29, 1.82) is 0 Å². The maximum atomic E-state index is 12.3. The zero-order chi connectivity index (χ0) is 18.2. The van der Waals surface area contributed by atoms with Gasteiger partial charge in [0, 0.05) is 17.6 Å². The van der Waals surface area contributed by atoms with Crippen LogP contribution in [0.5, 0.6) is 5.75 Å². The maximum absolute atomic E-state index is 12.3. The van der Waals surface area contributed by atoms with Crippen molar-refractivity contribution in [3.8, 4) is 5.75 Å². The summed E-state index contributed by atoms with van der Waals surface area (Å²) >= 11 is 5.79. The minimum absolute atomic E-state index is 0.152. The van der Waals surface area contributed by atoms with Gasteiger partial charge in [0.25, 0.3) is 5.91 Å². The van der Waals surface area contributed by atoms with Crippen LogP contribution in [0.2, 0.25) is 5.02 Å². The van der Waals surface area contributed by atoms with E-state index in [0.717, 1.165) is 0 Å². The molecular formula is C17H18ClN3O4. The molecule has 25 heavy (non-hydrogen) atoms. The number of amides is 2. The van der Waals surface area contributed by atoms with Crippen LogP contribution in [-0.4, -0.2) is 41.6 Å². The van der Waals surface area contributed by atoms with E-state index in [4.69, 9.17) is 20.9 Å². The van der Waals surface area contributed by atoms with E-state index in [9.17, 15) is 9.59 Å². The van der Waals surface area contributed by atoms with E-state index in [0.29, 0.717) is 22.4 Å². The Morgan fingerprint density at radius 2 is 2.12 bits per heavy atom. The predicted octanol–water partition coefficient (Wildman–Crippen LogP) is 2.67. The number of halogens is 1. The van der Waals surface area contributed by atoms with Crippen LogP contribution >= 0.6 is 11.6 Å². The molecule has 1 N–H and O–H groups in total. The predicted molar refractivity (Wildman–Crippen MR) is 93.6 cm³/mol. The van der Waals surface area contributed by atoms with E-state index in [1.165, 1.54) is 11.0 Å².